The number of rotatable bonds is 2. The molecule has 0 N–H and O–H groups in total. The Balaban J connectivity index is 1.75. The van der Waals surface area contributed by atoms with Crippen LogP contribution in [-0.4, -0.2) is 56.9 Å². The van der Waals surface area contributed by atoms with Crippen molar-refractivity contribution in [1.29, 1.82) is 0 Å². The number of nitrogens with zero attached hydrogens (tertiary/aromatic N) is 4. The quantitative estimate of drug-likeness (QED) is 0.738. The van der Waals surface area contributed by atoms with Crippen LogP contribution in [0.2, 0.25) is 0 Å². The summed E-state index contributed by atoms with van der Waals surface area (Å²) in [6.45, 7) is 4.63. The van der Waals surface area contributed by atoms with Crippen molar-refractivity contribution in [2.24, 2.45) is 19.5 Å². The zero-order chi connectivity index (χ0) is 19.1. The molecule has 0 atom stereocenters. The maximum atomic E-state index is 12.8. The number of hydrogen-bond acceptors (Lipinski definition) is 4. The third-order valence-electron chi connectivity index (χ3n) is 5.99. The molecule has 2 aliphatic rings. The summed E-state index contributed by atoms with van der Waals surface area (Å²) in [5.74, 6) is -0.0665. The van der Waals surface area contributed by atoms with Crippen LogP contribution >= 0.6 is 0 Å². The number of hydrogen-bond donors (Lipinski definition) is 0. The lowest BCUT2D eigenvalue weighted by Gasteiger charge is -2.47. The highest BCUT2D eigenvalue weighted by Crippen LogP contribution is 2.40. The molecule has 2 aliphatic heterocycles. The number of carbonyl (C=O) groups is 2. The van der Waals surface area contributed by atoms with E-state index in [9.17, 15) is 19.2 Å². The average molecular weight is 362 g/mol. The fraction of sp³-hybridized carbons (Fsp3) is 0.667. The second-order valence-corrected chi connectivity index (χ2v) is 7.47. The van der Waals surface area contributed by atoms with Crippen LogP contribution in [0, 0.1) is 5.41 Å². The van der Waals surface area contributed by atoms with Gasteiger partial charge in [-0.15, -0.1) is 0 Å². The van der Waals surface area contributed by atoms with Crippen molar-refractivity contribution in [3.05, 3.63) is 32.6 Å². The monoisotopic (exact) mass is 362 g/mol. The van der Waals surface area contributed by atoms with E-state index in [2.05, 4.69) is 0 Å². The van der Waals surface area contributed by atoms with Gasteiger partial charge in [-0.05, 0) is 31.6 Å². The summed E-state index contributed by atoms with van der Waals surface area (Å²) < 4.78 is 2.21. The molecule has 0 saturated carbocycles. The first-order chi connectivity index (χ1) is 12.3. The SMILES string of the molecule is CCN1CC2(CCC1=O)CCN(C(=O)c1cc(=O)n(C)c(=O)n1C)CC2. The van der Waals surface area contributed by atoms with E-state index in [0.29, 0.717) is 19.5 Å². The summed E-state index contributed by atoms with van der Waals surface area (Å²) in [6, 6.07) is 1.23. The lowest BCUT2D eigenvalue weighted by Crippen LogP contribution is -2.52. The predicted octanol–water partition coefficient (Wildman–Crippen LogP) is -0.0513. The summed E-state index contributed by atoms with van der Waals surface area (Å²) in [4.78, 5) is 52.3. The van der Waals surface area contributed by atoms with Crippen LogP contribution in [0.3, 0.4) is 0 Å². The van der Waals surface area contributed by atoms with Crippen molar-refractivity contribution in [1.82, 2.24) is 18.9 Å². The molecule has 8 heteroatoms. The van der Waals surface area contributed by atoms with Gasteiger partial charge in [0, 0.05) is 52.8 Å². The van der Waals surface area contributed by atoms with E-state index in [1.165, 1.54) is 24.7 Å². The second kappa shape index (κ2) is 6.74. The van der Waals surface area contributed by atoms with Crippen molar-refractivity contribution in [3.8, 4) is 0 Å². The van der Waals surface area contributed by atoms with E-state index in [4.69, 9.17) is 0 Å². The van der Waals surface area contributed by atoms with Gasteiger partial charge in [0.15, 0.2) is 0 Å². The summed E-state index contributed by atoms with van der Waals surface area (Å²) in [6.07, 6.45) is 3.11. The average Bonchev–Trinajstić information content (AvgIpc) is 2.65. The molecule has 26 heavy (non-hydrogen) atoms. The van der Waals surface area contributed by atoms with Gasteiger partial charge in [0.1, 0.15) is 5.69 Å². The Morgan fingerprint density at radius 2 is 1.73 bits per heavy atom. The molecule has 0 radical (unpaired) electrons. The van der Waals surface area contributed by atoms with Crippen molar-refractivity contribution >= 4 is 11.8 Å². The van der Waals surface area contributed by atoms with Crippen LogP contribution < -0.4 is 11.2 Å². The van der Waals surface area contributed by atoms with Crippen molar-refractivity contribution in [3.63, 3.8) is 0 Å². The summed E-state index contributed by atoms with van der Waals surface area (Å²) in [5, 5.41) is 0. The fourth-order valence-corrected chi connectivity index (χ4v) is 4.08. The van der Waals surface area contributed by atoms with Crippen LogP contribution in [-0.2, 0) is 18.9 Å². The van der Waals surface area contributed by atoms with Gasteiger partial charge in [0.2, 0.25) is 5.91 Å². The van der Waals surface area contributed by atoms with Gasteiger partial charge in [-0.2, -0.15) is 0 Å². The third-order valence-corrected chi connectivity index (χ3v) is 5.99. The van der Waals surface area contributed by atoms with Gasteiger partial charge >= 0.3 is 5.69 Å². The van der Waals surface area contributed by atoms with E-state index in [0.717, 1.165) is 36.9 Å². The first-order valence-corrected chi connectivity index (χ1v) is 9.12. The van der Waals surface area contributed by atoms with E-state index >= 15 is 0 Å². The molecule has 3 heterocycles. The highest BCUT2D eigenvalue weighted by Gasteiger charge is 2.41. The van der Waals surface area contributed by atoms with Gasteiger partial charge in [0.25, 0.3) is 11.5 Å². The maximum Gasteiger partial charge on any atom is 0.331 e. The summed E-state index contributed by atoms with van der Waals surface area (Å²) in [5.41, 5.74) is -0.768. The number of amides is 2. The van der Waals surface area contributed by atoms with Gasteiger partial charge in [-0.25, -0.2) is 4.79 Å². The largest absolute Gasteiger partial charge is 0.342 e. The lowest BCUT2D eigenvalue weighted by atomic mass is 9.72. The van der Waals surface area contributed by atoms with E-state index < -0.39 is 11.2 Å². The van der Waals surface area contributed by atoms with E-state index in [1.807, 2.05) is 11.8 Å². The predicted molar refractivity (Wildman–Crippen MR) is 96.0 cm³/mol. The smallest absolute Gasteiger partial charge is 0.331 e. The van der Waals surface area contributed by atoms with Crippen molar-refractivity contribution in [2.75, 3.05) is 26.2 Å². The Hall–Kier alpha value is -2.38. The Kier molecular flexibility index (Phi) is 4.77. The molecule has 1 aromatic rings. The Bertz CT molecular complexity index is 846. The highest BCUT2D eigenvalue weighted by atomic mass is 16.2. The topological polar surface area (TPSA) is 84.6 Å². The number of carbonyl (C=O) groups excluding carboxylic acids is 2. The zero-order valence-electron chi connectivity index (χ0n) is 15.7. The molecule has 1 spiro atoms. The zero-order valence-corrected chi connectivity index (χ0v) is 15.7. The Morgan fingerprint density at radius 1 is 1.08 bits per heavy atom. The molecule has 3 rings (SSSR count). The summed E-state index contributed by atoms with van der Waals surface area (Å²) >= 11 is 0. The first-order valence-electron chi connectivity index (χ1n) is 9.12. The molecule has 2 fully saturated rings. The van der Waals surface area contributed by atoms with Crippen LogP contribution in [0.1, 0.15) is 43.1 Å². The normalized spacial score (nSPS) is 19.9. The minimum absolute atomic E-state index is 0.0827. The molecule has 2 saturated heterocycles. The number of likely N-dealkylation sites (tertiary alicyclic amines) is 2. The standard InChI is InChI=1S/C18H26N4O4/c1-4-21-12-18(6-5-14(21)23)7-9-22(10-8-18)16(25)13-11-15(24)20(3)17(26)19(13)2/h11H,4-10,12H2,1-3H3. The highest BCUT2D eigenvalue weighted by molar-refractivity contribution is 5.92. The Morgan fingerprint density at radius 3 is 2.35 bits per heavy atom. The molecule has 0 aromatic carbocycles. The summed E-state index contributed by atoms with van der Waals surface area (Å²) in [7, 11) is 2.90. The molecule has 0 bridgehead atoms. The Labute approximate surface area is 152 Å². The molecular weight excluding hydrogens is 336 g/mol. The van der Waals surface area contributed by atoms with Crippen LogP contribution in [0.5, 0.6) is 0 Å². The molecular formula is C18H26N4O4. The van der Waals surface area contributed by atoms with Crippen LogP contribution in [0.4, 0.5) is 0 Å². The number of aromatic nitrogens is 2. The third kappa shape index (κ3) is 3.08. The van der Waals surface area contributed by atoms with E-state index in [1.54, 1.807) is 4.90 Å². The molecule has 8 nitrogen and oxygen atoms in total. The molecule has 1 aromatic heterocycles. The molecule has 2 amide bonds. The van der Waals surface area contributed by atoms with Gasteiger partial charge in [0.05, 0.1) is 0 Å². The lowest BCUT2D eigenvalue weighted by molar-refractivity contribution is -0.138. The van der Waals surface area contributed by atoms with Crippen LogP contribution in [0.15, 0.2) is 15.7 Å². The van der Waals surface area contributed by atoms with E-state index in [-0.39, 0.29) is 22.9 Å². The molecule has 0 aliphatic carbocycles. The number of piperidine rings is 2. The maximum absolute atomic E-state index is 12.8. The van der Waals surface area contributed by atoms with Gasteiger partial charge in [-0.1, -0.05) is 0 Å². The molecule has 0 unspecified atom stereocenters. The minimum atomic E-state index is -0.501. The van der Waals surface area contributed by atoms with Crippen molar-refractivity contribution in [2.45, 2.75) is 32.6 Å². The van der Waals surface area contributed by atoms with Crippen LogP contribution in [0.25, 0.3) is 0 Å². The van der Waals surface area contributed by atoms with Crippen molar-refractivity contribution < 1.29 is 9.59 Å². The first kappa shape index (κ1) is 18.4. The fourth-order valence-electron chi connectivity index (χ4n) is 4.08. The van der Waals surface area contributed by atoms with Gasteiger partial charge < -0.3 is 9.80 Å². The second-order valence-electron chi connectivity index (χ2n) is 7.47. The van der Waals surface area contributed by atoms with Gasteiger partial charge in [-0.3, -0.25) is 23.5 Å². The molecule has 142 valence electrons. The minimum Gasteiger partial charge on any atom is -0.342 e.